The minimum atomic E-state index is -3.03. The topological polar surface area (TPSA) is 83.6 Å². The first kappa shape index (κ1) is 18.9. The monoisotopic (exact) mass is 378 g/mol. The Hall–Kier alpha value is -1.89. The Morgan fingerprint density at radius 3 is 2.54 bits per heavy atom. The zero-order valence-electron chi connectivity index (χ0n) is 15.1. The van der Waals surface area contributed by atoms with E-state index in [1.165, 1.54) is 0 Å². The summed E-state index contributed by atoms with van der Waals surface area (Å²) in [7, 11) is -3.03. The Morgan fingerprint density at radius 2 is 1.92 bits per heavy atom. The van der Waals surface area contributed by atoms with Crippen LogP contribution in [-0.2, 0) is 25.8 Å². The molecule has 2 aliphatic rings. The van der Waals surface area contributed by atoms with Crippen LogP contribution >= 0.6 is 0 Å². The minimum absolute atomic E-state index is 0.0488. The Kier molecular flexibility index (Phi) is 5.65. The van der Waals surface area contributed by atoms with Crippen LogP contribution in [0.4, 0.5) is 0 Å². The summed E-state index contributed by atoms with van der Waals surface area (Å²) in [6.45, 7) is 2.90. The van der Waals surface area contributed by atoms with Crippen molar-refractivity contribution in [1.82, 2.24) is 10.2 Å². The fourth-order valence-corrected chi connectivity index (χ4v) is 5.42. The van der Waals surface area contributed by atoms with Gasteiger partial charge in [0.05, 0.1) is 23.3 Å². The quantitative estimate of drug-likeness (QED) is 0.768. The smallest absolute Gasteiger partial charge is 0.226 e. The van der Waals surface area contributed by atoms with Crippen LogP contribution in [0.2, 0.25) is 0 Å². The van der Waals surface area contributed by atoms with Crippen molar-refractivity contribution >= 4 is 21.7 Å². The lowest BCUT2D eigenvalue weighted by atomic mass is 10.1. The van der Waals surface area contributed by atoms with E-state index in [0.29, 0.717) is 25.9 Å². The molecule has 7 heteroatoms. The minimum Gasteiger partial charge on any atom is -0.356 e. The van der Waals surface area contributed by atoms with E-state index in [0.717, 1.165) is 12.0 Å². The molecule has 2 fully saturated rings. The summed E-state index contributed by atoms with van der Waals surface area (Å²) >= 11 is 0. The van der Waals surface area contributed by atoms with Crippen molar-refractivity contribution in [3.63, 3.8) is 0 Å². The number of benzene rings is 1. The van der Waals surface area contributed by atoms with E-state index in [1.54, 1.807) is 4.90 Å². The molecule has 2 amide bonds. The predicted molar refractivity (Wildman–Crippen MR) is 99.2 cm³/mol. The van der Waals surface area contributed by atoms with E-state index < -0.39 is 9.84 Å². The van der Waals surface area contributed by atoms with E-state index >= 15 is 0 Å². The molecule has 1 aliphatic carbocycles. The van der Waals surface area contributed by atoms with E-state index in [1.807, 2.05) is 37.3 Å². The van der Waals surface area contributed by atoms with Gasteiger partial charge in [0.1, 0.15) is 0 Å². The third-order valence-electron chi connectivity index (χ3n) is 5.27. The van der Waals surface area contributed by atoms with Crippen LogP contribution in [0, 0.1) is 11.8 Å². The van der Waals surface area contributed by atoms with E-state index in [2.05, 4.69) is 5.32 Å². The van der Waals surface area contributed by atoms with Gasteiger partial charge in [0.15, 0.2) is 9.84 Å². The van der Waals surface area contributed by atoms with Crippen LogP contribution in [0.5, 0.6) is 0 Å². The van der Waals surface area contributed by atoms with Crippen molar-refractivity contribution in [2.45, 2.75) is 32.2 Å². The first-order valence-electron chi connectivity index (χ1n) is 9.24. The van der Waals surface area contributed by atoms with Gasteiger partial charge < -0.3 is 10.2 Å². The number of carbonyl (C=O) groups is 2. The van der Waals surface area contributed by atoms with Crippen LogP contribution in [-0.4, -0.2) is 55.8 Å². The fraction of sp³-hybridized carbons (Fsp3) is 0.579. The zero-order chi connectivity index (χ0) is 18.7. The summed E-state index contributed by atoms with van der Waals surface area (Å²) in [5.41, 5.74) is 1.16. The fourth-order valence-electron chi connectivity index (χ4n) is 3.69. The molecule has 0 radical (unpaired) electrons. The van der Waals surface area contributed by atoms with Crippen molar-refractivity contribution in [2.24, 2.45) is 11.8 Å². The molecule has 1 aliphatic heterocycles. The van der Waals surface area contributed by atoms with Gasteiger partial charge >= 0.3 is 0 Å². The Labute approximate surface area is 154 Å². The van der Waals surface area contributed by atoms with Gasteiger partial charge in [-0.25, -0.2) is 8.42 Å². The predicted octanol–water partition coefficient (Wildman–Crippen LogP) is 1.02. The Bertz CT molecular complexity index is 763. The maximum Gasteiger partial charge on any atom is 0.226 e. The standard InChI is InChI=1S/C19H26N2O4S/c1-2-21(15-9-11-26(24,25)13-15)19(23)17-12-16(17)18(22)20-10-8-14-6-4-3-5-7-14/h3-7,15-17H,2,8-13H2,1H3,(H,20,22). The Morgan fingerprint density at radius 1 is 1.19 bits per heavy atom. The van der Waals surface area contributed by atoms with E-state index in [4.69, 9.17) is 0 Å². The summed E-state index contributed by atoms with van der Waals surface area (Å²) in [5, 5.41) is 2.91. The molecular weight excluding hydrogens is 352 g/mol. The van der Waals surface area contributed by atoms with Gasteiger partial charge in [-0.2, -0.15) is 0 Å². The molecule has 1 heterocycles. The van der Waals surface area contributed by atoms with Crippen LogP contribution < -0.4 is 5.32 Å². The van der Waals surface area contributed by atoms with Gasteiger partial charge in [0.2, 0.25) is 11.8 Å². The lowest BCUT2D eigenvalue weighted by Gasteiger charge is -2.27. The van der Waals surface area contributed by atoms with Crippen LogP contribution in [0.15, 0.2) is 30.3 Å². The van der Waals surface area contributed by atoms with Gasteiger partial charge in [0, 0.05) is 19.1 Å². The zero-order valence-corrected chi connectivity index (χ0v) is 15.9. The van der Waals surface area contributed by atoms with Crippen LogP contribution in [0.25, 0.3) is 0 Å². The Balaban J connectivity index is 1.47. The van der Waals surface area contributed by atoms with Crippen molar-refractivity contribution < 1.29 is 18.0 Å². The highest BCUT2D eigenvalue weighted by atomic mass is 32.2. The number of amides is 2. The van der Waals surface area contributed by atoms with E-state index in [-0.39, 0.29) is 41.2 Å². The molecule has 142 valence electrons. The number of sulfone groups is 1. The van der Waals surface area contributed by atoms with Crippen molar-refractivity contribution in [3.8, 4) is 0 Å². The number of carbonyl (C=O) groups excluding carboxylic acids is 2. The molecular formula is C19H26N2O4S. The highest BCUT2D eigenvalue weighted by Crippen LogP contribution is 2.41. The third-order valence-corrected chi connectivity index (χ3v) is 7.02. The normalized spacial score (nSPS) is 26.3. The van der Waals surface area contributed by atoms with Crippen molar-refractivity contribution in [1.29, 1.82) is 0 Å². The lowest BCUT2D eigenvalue weighted by Crippen LogP contribution is -2.42. The summed E-state index contributed by atoms with van der Waals surface area (Å²) in [6.07, 6.45) is 1.83. The molecule has 0 spiro atoms. The second-order valence-electron chi connectivity index (χ2n) is 7.16. The molecule has 26 heavy (non-hydrogen) atoms. The maximum absolute atomic E-state index is 12.7. The largest absolute Gasteiger partial charge is 0.356 e. The maximum atomic E-state index is 12.7. The van der Waals surface area contributed by atoms with Gasteiger partial charge in [0.25, 0.3) is 0 Å². The molecule has 1 aromatic carbocycles. The first-order chi connectivity index (χ1) is 12.4. The molecule has 3 rings (SSSR count). The number of nitrogens with zero attached hydrogens (tertiary/aromatic N) is 1. The SMILES string of the molecule is CCN(C(=O)C1CC1C(=O)NCCc1ccccc1)C1CCS(=O)(=O)C1. The molecule has 1 saturated carbocycles. The summed E-state index contributed by atoms with van der Waals surface area (Å²) in [4.78, 5) is 26.6. The number of rotatable bonds is 7. The highest BCUT2D eigenvalue weighted by Gasteiger charge is 2.50. The van der Waals surface area contributed by atoms with Crippen molar-refractivity contribution in [2.75, 3.05) is 24.6 Å². The molecule has 6 nitrogen and oxygen atoms in total. The van der Waals surface area contributed by atoms with E-state index in [9.17, 15) is 18.0 Å². The molecule has 1 aromatic rings. The molecule has 1 saturated heterocycles. The molecule has 3 atom stereocenters. The van der Waals surface area contributed by atoms with Gasteiger partial charge in [-0.05, 0) is 31.7 Å². The van der Waals surface area contributed by atoms with Gasteiger partial charge in [-0.3, -0.25) is 9.59 Å². The van der Waals surface area contributed by atoms with Gasteiger partial charge in [-0.15, -0.1) is 0 Å². The number of hydrogen-bond donors (Lipinski definition) is 1. The average Bonchev–Trinajstić information content (AvgIpc) is 3.34. The highest BCUT2D eigenvalue weighted by molar-refractivity contribution is 7.91. The van der Waals surface area contributed by atoms with Crippen LogP contribution in [0.1, 0.15) is 25.3 Å². The second-order valence-corrected chi connectivity index (χ2v) is 9.39. The van der Waals surface area contributed by atoms with Crippen LogP contribution in [0.3, 0.4) is 0 Å². The van der Waals surface area contributed by atoms with Gasteiger partial charge in [-0.1, -0.05) is 30.3 Å². The molecule has 3 unspecified atom stereocenters. The summed E-state index contributed by atoms with van der Waals surface area (Å²) in [6, 6.07) is 9.69. The third kappa shape index (κ3) is 4.44. The lowest BCUT2D eigenvalue weighted by molar-refractivity contribution is -0.136. The summed E-state index contributed by atoms with van der Waals surface area (Å²) in [5.74, 6) is -0.518. The molecule has 0 aromatic heterocycles. The molecule has 0 bridgehead atoms. The van der Waals surface area contributed by atoms with Crippen molar-refractivity contribution in [3.05, 3.63) is 35.9 Å². The first-order valence-corrected chi connectivity index (χ1v) is 11.1. The summed E-state index contributed by atoms with van der Waals surface area (Å²) < 4.78 is 23.4. The molecule has 1 N–H and O–H groups in total. The second kappa shape index (κ2) is 7.78. The number of hydrogen-bond acceptors (Lipinski definition) is 4. The number of nitrogens with one attached hydrogen (secondary N) is 1. The average molecular weight is 378 g/mol.